The fourth-order valence-electron chi connectivity index (χ4n) is 4.00. The fraction of sp³-hybridized carbons (Fsp3) is 0.632. The lowest BCUT2D eigenvalue weighted by Crippen LogP contribution is -2.47. The molecular weight excluding hydrogens is 409 g/mol. The second-order valence-electron chi connectivity index (χ2n) is 7.83. The molecule has 29 heavy (non-hydrogen) atoms. The molecule has 0 heterocycles. The molecule has 0 aromatic heterocycles. The van der Waals surface area contributed by atoms with Crippen LogP contribution in [-0.2, 0) is 14.6 Å². The molecule has 2 atom stereocenters. The Labute approximate surface area is 167 Å². The summed E-state index contributed by atoms with van der Waals surface area (Å²) in [6.45, 7) is 0.380. The van der Waals surface area contributed by atoms with Gasteiger partial charge in [0, 0.05) is 12.6 Å². The van der Waals surface area contributed by atoms with Gasteiger partial charge in [-0.2, -0.15) is 0 Å². The Morgan fingerprint density at radius 2 is 1.90 bits per heavy atom. The van der Waals surface area contributed by atoms with Gasteiger partial charge in [-0.25, -0.2) is 8.42 Å². The van der Waals surface area contributed by atoms with E-state index in [-0.39, 0.29) is 28.7 Å². The SMILES string of the molecule is N[C@@H]1CCCC[C@H]1C(=O)NCC1CC(S(=O)(=O)c2cccc(OC(F)(F)F)c2)C1. The third kappa shape index (κ3) is 5.42. The lowest BCUT2D eigenvalue weighted by Gasteiger charge is -2.35. The zero-order valence-electron chi connectivity index (χ0n) is 15.8. The molecule has 1 amide bonds. The van der Waals surface area contributed by atoms with E-state index < -0.39 is 27.2 Å². The third-order valence-corrected chi connectivity index (χ3v) is 7.89. The number of rotatable bonds is 6. The monoisotopic (exact) mass is 434 g/mol. The molecule has 2 aliphatic rings. The summed E-state index contributed by atoms with van der Waals surface area (Å²) in [5, 5.41) is 2.19. The Morgan fingerprint density at radius 3 is 2.55 bits per heavy atom. The summed E-state index contributed by atoms with van der Waals surface area (Å²) in [4.78, 5) is 12.1. The number of hydrogen-bond donors (Lipinski definition) is 2. The molecule has 0 saturated heterocycles. The molecule has 0 radical (unpaired) electrons. The molecule has 2 aliphatic carbocycles. The highest BCUT2D eigenvalue weighted by Crippen LogP contribution is 2.37. The standard InChI is InChI=1S/C19H25F3N2O4S/c20-19(21,22)28-13-4-3-5-14(10-13)29(26,27)15-8-12(9-15)11-24-18(25)16-6-1-2-7-17(16)23/h3-5,10,12,15-17H,1-2,6-9,11,23H2,(H,24,25)/t12?,15?,16-,17-/m1/s1. The van der Waals surface area contributed by atoms with Gasteiger partial charge in [-0.1, -0.05) is 18.9 Å². The summed E-state index contributed by atoms with van der Waals surface area (Å²) in [5.74, 6) is -0.820. The van der Waals surface area contributed by atoms with Crippen molar-refractivity contribution in [3.8, 4) is 5.75 Å². The van der Waals surface area contributed by atoms with E-state index in [9.17, 15) is 26.4 Å². The molecule has 0 aliphatic heterocycles. The molecule has 2 saturated carbocycles. The largest absolute Gasteiger partial charge is 0.573 e. The Hall–Kier alpha value is -1.81. The Bertz CT molecular complexity index is 838. The summed E-state index contributed by atoms with van der Waals surface area (Å²) in [5.41, 5.74) is 6.01. The molecule has 162 valence electrons. The number of benzene rings is 1. The first-order valence-electron chi connectivity index (χ1n) is 9.69. The van der Waals surface area contributed by atoms with Gasteiger partial charge in [-0.05, 0) is 49.8 Å². The van der Waals surface area contributed by atoms with Crippen molar-refractivity contribution in [3.63, 3.8) is 0 Å². The summed E-state index contributed by atoms with van der Waals surface area (Å²) in [7, 11) is -3.76. The van der Waals surface area contributed by atoms with Crippen LogP contribution < -0.4 is 15.8 Å². The van der Waals surface area contributed by atoms with E-state index in [0.29, 0.717) is 19.4 Å². The first-order valence-corrected chi connectivity index (χ1v) is 11.2. The lowest BCUT2D eigenvalue weighted by molar-refractivity contribution is -0.274. The smallest absolute Gasteiger partial charge is 0.406 e. The van der Waals surface area contributed by atoms with E-state index in [0.717, 1.165) is 37.8 Å². The van der Waals surface area contributed by atoms with Gasteiger partial charge >= 0.3 is 6.36 Å². The van der Waals surface area contributed by atoms with Crippen molar-refractivity contribution < 1.29 is 31.1 Å². The summed E-state index contributed by atoms with van der Waals surface area (Å²) in [6, 6.07) is 4.30. The van der Waals surface area contributed by atoms with E-state index >= 15 is 0 Å². The first kappa shape index (κ1) is 21.9. The highest BCUT2D eigenvalue weighted by molar-refractivity contribution is 7.92. The third-order valence-electron chi connectivity index (χ3n) is 5.72. The average molecular weight is 434 g/mol. The number of nitrogens with one attached hydrogen (secondary N) is 1. The van der Waals surface area contributed by atoms with Crippen molar-refractivity contribution in [2.45, 2.75) is 61.1 Å². The number of carbonyl (C=O) groups excluding carboxylic acids is 1. The highest BCUT2D eigenvalue weighted by atomic mass is 32.2. The van der Waals surface area contributed by atoms with Gasteiger partial charge < -0.3 is 15.8 Å². The second kappa shape index (κ2) is 8.51. The zero-order valence-corrected chi connectivity index (χ0v) is 16.6. The first-order chi connectivity index (χ1) is 13.6. The second-order valence-corrected chi connectivity index (χ2v) is 10.1. The molecule has 0 bridgehead atoms. The normalized spacial score (nSPS) is 27.7. The van der Waals surface area contributed by atoms with Gasteiger partial charge in [-0.15, -0.1) is 13.2 Å². The molecule has 10 heteroatoms. The highest BCUT2D eigenvalue weighted by Gasteiger charge is 2.40. The molecule has 0 spiro atoms. The Kier molecular flexibility index (Phi) is 6.42. The molecule has 1 aromatic rings. The van der Waals surface area contributed by atoms with Crippen LogP contribution in [0.1, 0.15) is 38.5 Å². The van der Waals surface area contributed by atoms with Gasteiger partial charge in [0.05, 0.1) is 16.1 Å². The number of hydrogen-bond acceptors (Lipinski definition) is 5. The van der Waals surface area contributed by atoms with Crippen molar-refractivity contribution in [1.82, 2.24) is 5.32 Å². The van der Waals surface area contributed by atoms with Crippen LogP contribution >= 0.6 is 0 Å². The minimum absolute atomic E-state index is 0.0214. The predicted molar refractivity (Wildman–Crippen MR) is 99.8 cm³/mol. The number of carbonyl (C=O) groups is 1. The number of sulfone groups is 1. The summed E-state index contributed by atoms with van der Waals surface area (Å²) < 4.78 is 66.2. The van der Waals surface area contributed by atoms with E-state index in [1.807, 2.05) is 0 Å². The van der Waals surface area contributed by atoms with Gasteiger partial charge in [0.2, 0.25) is 5.91 Å². The number of halogens is 3. The average Bonchev–Trinajstić information content (AvgIpc) is 2.59. The number of amides is 1. The van der Waals surface area contributed by atoms with Crippen molar-refractivity contribution in [2.24, 2.45) is 17.6 Å². The molecule has 0 unspecified atom stereocenters. The van der Waals surface area contributed by atoms with Gasteiger partial charge in [0.15, 0.2) is 9.84 Å². The molecule has 3 N–H and O–H groups in total. The quantitative estimate of drug-likeness (QED) is 0.718. The van der Waals surface area contributed by atoms with Crippen LogP contribution in [0, 0.1) is 11.8 Å². The van der Waals surface area contributed by atoms with Gasteiger partial charge in [-0.3, -0.25) is 4.79 Å². The van der Waals surface area contributed by atoms with Crippen LogP contribution in [0.15, 0.2) is 29.2 Å². The topological polar surface area (TPSA) is 98.5 Å². The molecule has 6 nitrogen and oxygen atoms in total. The van der Waals surface area contributed by atoms with Crippen LogP contribution in [0.2, 0.25) is 0 Å². The molecule has 3 rings (SSSR count). The van der Waals surface area contributed by atoms with Crippen molar-refractivity contribution in [2.75, 3.05) is 6.54 Å². The van der Waals surface area contributed by atoms with Crippen LogP contribution in [0.3, 0.4) is 0 Å². The Morgan fingerprint density at radius 1 is 1.21 bits per heavy atom. The predicted octanol–water partition coefficient (Wildman–Crippen LogP) is 2.77. The number of ether oxygens (including phenoxy) is 1. The van der Waals surface area contributed by atoms with E-state index in [1.54, 1.807) is 0 Å². The lowest BCUT2D eigenvalue weighted by atomic mass is 9.83. The maximum atomic E-state index is 12.7. The number of alkyl halides is 3. The van der Waals surface area contributed by atoms with Crippen LogP contribution in [0.4, 0.5) is 13.2 Å². The van der Waals surface area contributed by atoms with Crippen molar-refractivity contribution >= 4 is 15.7 Å². The minimum Gasteiger partial charge on any atom is -0.406 e. The minimum atomic E-state index is -4.89. The summed E-state index contributed by atoms with van der Waals surface area (Å²) in [6.07, 6.45) is -0.574. The van der Waals surface area contributed by atoms with Crippen LogP contribution in [0.5, 0.6) is 5.75 Å². The van der Waals surface area contributed by atoms with Crippen molar-refractivity contribution in [1.29, 1.82) is 0 Å². The van der Waals surface area contributed by atoms with E-state index in [1.165, 1.54) is 12.1 Å². The molecule has 2 fully saturated rings. The van der Waals surface area contributed by atoms with Crippen LogP contribution in [-0.4, -0.2) is 38.5 Å². The van der Waals surface area contributed by atoms with Gasteiger partial charge in [0.1, 0.15) is 5.75 Å². The molecule has 1 aromatic carbocycles. The van der Waals surface area contributed by atoms with Crippen LogP contribution in [0.25, 0.3) is 0 Å². The fourth-order valence-corrected chi connectivity index (χ4v) is 5.98. The van der Waals surface area contributed by atoms with Crippen molar-refractivity contribution in [3.05, 3.63) is 24.3 Å². The summed E-state index contributed by atoms with van der Waals surface area (Å²) >= 11 is 0. The molecular formula is C19H25F3N2O4S. The van der Waals surface area contributed by atoms with Gasteiger partial charge in [0.25, 0.3) is 0 Å². The zero-order chi connectivity index (χ0) is 21.2. The Balaban J connectivity index is 1.52. The maximum absolute atomic E-state index is 12.7. The van der Waals surface area contributed by atoms with E-state index in [2.05, 4.69) is 10.1 Å². The van der Waals surface area contributed by atoms with E-state index in [4.69, 9.17) is 5.73 Å². The number of nitrogens with two attached hydrogens (primary N) is 1. The maximum Gasteiger partial charge on any atom is 0.573 e.